The molecule has 0 aromatic rings. The fraction of sp³-hybridized carbons (Fsp3) is 0.833. The lowest BCUT2D eigenvalue weighted by atomic mass is 10.1. The molecule has 2 amide bonds. The molecule has 1 rings (SSSR count). The zero-order chi connectivity index (χ0) is 15.3. The molecule has 20 heavy (non-hydrogen) atoms. The van der Waals surface area contributed by atoms with Gasteiger partial charge in [-0.25, -0.2) is 13.2 Å². The largest absolute Gasteiger partial charge is 0.480 e. The van der Waals surface area contributed by atoms with Crippen molar-refractivity contribution in [3.8, 4) is 0 Å². The van der Waals surface area contributed by atoms with Gasteiger partial charge >= 0.3 is 12.0 Å². The number of nitrogens with one attached hydrogen (secondary N) is 1. The molecule has 1 unspecified atom stereocenters. The zero-order valence-electron chi connectivity index (χ0n) is 11.8. The number of amides is 2. The number of aliphatic carboxylic acids is 1. The Balaban J connectivity index is 2.60. The van der Waals surface area contributed by atoms with Gasteiger partial charge < -0.3 is 15.3 Å². The third kappa shape index (κ3) is 4.99. The molecule has 1 aliphatic heterocycles. The molecule has 0 bridgehead atoms. The van der Waals surface area contributed by atoms with Crippen molar-refractivity contribution in [1.29, 1.82) is 0 Å². The molecular formula is C12H22N2O5S. The molecule has 0 spiro atoms. The Morgan fingerprint density at radius 1 is 1.35 bits per heavy atom. The molecule has 1 saturated heterocycles. The van der Waals surface area contributed by atoms with Crippen LogP contribution >= 0.6 is 0 Å². The summed E-state index contributed by atoms with van der Waals surface area (Å²) in [5.41, 5.74) is 0. The number of hydrogen-bond acceptors (Lipinski definition) is 4. The summed E-state index contributed by atoms with van der Waals surface area (Å²) in [5.74, 6) is -0.924. The van der Waals surface area contributed by atoms with Crippen molar-refractivity contribution in [2.75, 3.05) is 18.1 Å². The van der Waals surface area contributed by atoms with Gasteiger partial charge in [0.2, 0.25) is 0 Å². The molecular weight excluding hydrogens is 284 g/mol. The molecule has 0 aromatic heterocycles. The van der Waals surface area contributed by atoms with Crippen LogP contribution in [0.2, 0.25) is 0 Å². The monoisotopic (exact) mass is 306 g/mol. The smallest absolute Gasteiger partial charge is 0.323 e. The lowest BCUT2D eigenvalue weighted by Crippen LogP contribution is -2.51. The molecule has 1 aliphatic rings. The van der Waals surface area contributed by atoms with Gasteiger partial charge in [-0.15, -0.1) is 0 Å². The highest BCUT2D eigenvalue weighted by Gasteiger charge is 2.28. The Labute approximate surface area is 119 Å². The van der Waals surface area contributed by atoms with Crippen LogP contribution in [0.5, 0.6) is 0 Å². The fourth-order valence-electron chi connectivity index (χ4n) is 2.09. The summed E-state index contributed by atoms with van der Waals surface area (Å²) < 4.78 is 22.6. The van der Waals surface area contributed by atoms with Gasteiger partial charge in [0.1, 0.15) is 16.4 Å². The number of hydrogen-bond donors (Lipinski definition) is 2. The third-order valence-electron chi connectivity index (χ3n) is 3.57. The van der Waals surface area contributed by atoms with Gasteiger partial charge in [0.05, 0.1) is 11.5 Å². The number of rotatable bonds is 5. The average Bonchev–Trinajstić information content (AvgIpc) is 2.37. The maximum absolute atomic E-state index is 12.1. The molecule has 0 aromatic carbocycles. The second kappa shape index (κ2) is 6.92. The van der Waals surface area contributed by atoms with Crippen LogP contribution in [-0.4, -0.2) is 60.6 Å². The summed E-state index contributed by atoms with van der Waals surface area (Å²) in [6, 6.07) is -0.823. The quantitative estimate of drug-likeness (QED) is 0.768. The van der Waals surface area contributed by atoms with E-state index in [9.17, 15) is 18.0 Å². The summed E-state index contributed by atoms with van der Waals surface area (Å²) in [4.78, 5) is 24.2. The minimum atomic E-state index is -2.97. The topological polar surface area (TPSA) is 104 Å². The van der Waals surface area contributed by atoms with Crippen molar-refractivity contribution < 1.29 is 23.1 Å². The minimum Gasteiger partial charge on any atom is -0.480 e. The summed E-state index contributed by atoms with van der Waals surface area (Å²) >= 11 is 0. The molecule has 0 radical (unpaired) electrons. The lowest BCUT2D eigenvalue weighted by molar-refractivity contribution is -0.138. The van der Waals surface area contributed by atoms with Crippen LogP contribution in [0.25, 0.3) is 0 Å². The summed E-state index contributed by atoms with van der Waals surface area (Å²) in [6.07, 6.45) is 1.42. The molecule has 1 fully saturated rings. The van der Waals surface area contributed by atoms with E-state index in [1.54, 1.807) is 6.92 Å². The van der Waals surface area contributed by atoms with Crippen molar-refractivity contribution in [2.45, 2.75) is 45.2 Å². The number of urea groups is 1. The Kier molecular flexibility index (Phi) is 5.79. The summed E-state index contributed by atoms with van der Waals surface area (Å²) in [5, 5.41) is 11.6. The molecule has 1 heterocycles. The van der Waals surface area contributed by atoms with Gasteiger partial charge in [-0.2, -0.15) is 0 Å². The maximum atomic E-state index is 12.1. The first-order valence-corrected chi connectivity index (χ1v) is 8.56. The number of sulfone groups is 1. The fourth-order valence-corrected chi connectivity index (χ4v) is 3.58. The molecule has 7 nitrogen and oxygen atoms in total. The van der Waals surface area contributed by atoms with Crippen LogP contribution in [0.4, 0.5) is 4.79 Å². The SMILES string of the molecule is CCC(C)N(CC(=O)O)C(=O)NC1CCS(=O)(=O)CC1. The average molecular weight is 306 g/mol. The van der Waals surface area contributed by atoms with E-state index in [0.717, 1.165) is 0 Å². The lowest BCUT2D eigenvalue weighted by Gasteiger charge is -2.30. The van der Waals surface area contributed by atoms with E-state index in [-0.39, 0.29) is 30.1 Å². The van der Waals surface area contributed by atoms with Gasteiger partial charge in [-0.3, -0.25) is 4.79 Å². The van der Waals surface area contributed by atoms with E-state index in [2.05, 4.69) is 5.32 Å². The van der Waals surface area contributed by atoms with Gasteiger partial charge in [-0.05, 0) is 26.2 Å². The number of carbonyl (C=O) groups excluding carboxylic acids is 1. The minimum absolute atomic E-state index is 0.0697. The first-order chi connectivity index (χ1) is 9.25. The predicted octanol–water partition coefficient (Wildman–Crippen LogP) is 0.458. The molecule has 0 saturated carbocycles. The molecule has 0 aliphatic carbocycles. The van der Waals surface area contributed by atoms with E-state index >= 15 is 0 Å². The van der Waals surface area contributed by atoms with Crippen LogP contribution in [0.3, 0.4) is 0 Å². The zero-order valence-corrected chi connectivity index (χ0v) is 12.6. The van der Waals surface area contributed by atoms with Crippen molar-refractivity contribution in [3.63, 3.8) is 0 Å². The van der Waals surface area contributed by atoms with Crippen LogP contribution < -0.4 is 5.32 Å². The Hall–Kier alpha value is -1.31. The van der Waals surface area contributed by atoms with Crippen molar-refractivity contribution >= 4 is 21.8 Å². The first kappa shape index (κ1) is 16.7. The van der Waals surface area contributed by atoms with E-state index < -0.39 is 21.8 Å². The Morgan fingerprint density at radius 3 is 2.35 bits per heavy atom. The first-order valence-electron chi connectivity index (χ1n) is 6.74. The van der Waals surface area contributed by atoms with Gasteiger partial charge in [0.15, 0.2) is 0 Å². The van der Waals surface area contributed by atoms with E-state index in [1.165, 1.54) is 4.90 Å². The predicted molar refractivity (Wildman–Crippen MR) is 74.3 cm³/mol. The highest BCUT2D eigenvalue weighted by molar-refractivity contribution is 7.91. The van der Waals surface area contributed by atoms with Gasteiger partial charge in [0.25, 0.3) is 0 Å². The van der Waals surface area contributed by atoms with Crippen LogP contribution in [0.15, 0.2) is 0 Å². The standard InChI is InChI=1S/C12H22N2O5S/c1-3-9(2)14(8-11(15)16)12(17)13-10-4-6-20(18,19)7-5-10/h9-10H,3-8H2,1-2H3,(H,13,17)(H,15,16). The van der Waals surface area contributed by atoms with Crippen molar-refractivity contribution in [2.24, 2.45) is 0 Å². The van der Waals surface area contributed by atoms with Gasteiger partial charge in [-0.1, -0.05) is 6.92 Å². The Bertz CT molecular complexity index is 448. The molecule has 2 N–H and O–H groups in total. The van der Waals surface area contributed by atoms with E-state index in [0.29, 0.717) is 19.3 Å². The summed E-state index contributed by atoms with van der Waals surface area (Å²) in [6.45, 7) is 3.31. The molecule has 8 heteroatoms. The number of carboxylic acid groups (broad SMARTS) is 1. The van der Waals surface area contributed by atoms with Crippen LogP contribution in [0.1, 0.15) is 33.1 Å². The Morgan fingerprint density at radius 2 is 1.90 bits per heavy atom. The van der Waals surface area contributed by atoms with Crippen LogP contribution in [-0.2, 0) is 14.6 Å². The highest BCUT2D eigenvalue weighted by Crippen LogP contribution is 2.13. The second-order valence-corrected chi connectivity index (χ2v) is 7.46. The molecule has 1 atom stereocenters. The number of carbonyl (C=O) groups is 2. The number of carboxylic acids is 1. The highest BCUT2D eigenvalue weighted by atomic mass is 32.2. The van der Waals surface area contributed by atoms with Crippen molar-refractivity contribution in [1.82, 2.24) is 10.2 Å². The van der Waals surface area contributed by atoms with Crippen molar-refractivity contribution in [3.05, 3.63) is 0 Å². The maximum Gasteiger partial charge on any atom is 0.323 e. The molecule has 116 valence electrons. The second-order valence-electron chi connectivity index (χ2n) is 5.15. The van der Waals surface area contributed by atoms with Gasteiger partial charge in [0, 0.05) is 12.1 Å². The third-order valence-corrected chi connectivity index (χ3v) is 5.29. The number of nitrogens with zero attached hydrogens (tertiary/aromatic N) is 1. The van der Waals surface area contributed by atoms with E-state index in [4.69, 9.17) is 5.11 Å². The summed E-state index contributed by atoms with van der Waals surface area (Å²) in [7, 11) is -2.97. The van der Waals surface area contributed by atoms with E-state index in [1.807, 2.05) is 6.92 Å². The normalized spacial score (nSPS) is 20.1. The van der Waals surface area contributed by atoms with Crippen LogP contribution in [0, 0.1) is 0 Å².